The van der Waals surface area contributed by atoms with Crippen LogP contribution in [-0.4, -0.2) is 41.8 Å². The zero-order valence-corrected chi connectivity index (χ0v) is 17.3. The van der Waals surface area contributed by atoms with Crippen molar-refractivity contribution in [3.8, 4) is 0 Å². The number of nitrogens with one attached hydrogen (secondary N) is 3. The lowest BCUT2D eigenvalue weighted by Gasteiger charge is -2.14. The highest BCUT2D eigenvalue weighted by Crippen LogP contribution is 2.36. The number of rotatable bonds is 5. The summed E-state index contributed by atoms with van der Waals surface area (Å²) in [5.41, 5.74) is 2.53. The highest BCUT2D eigenvalue weighted by atomic mass is 32.2. The number of pyridine rings is 1. The molecule has 156 valence electrons. The second-order valence-corrected chi connectivity index (χ2v) is 10.1. The average molecular weight is 420 g/mol. The van der Waals surface area contributed by atoms with Gasteiger partial charge in [0.05, 0.1) is 11.5 Å². The van der Waals surface area contributed by atoms with E-state index in [0.29, 0.717) is 11.6 Å². The van der Waals surface area contributed by atoms with E-state index in [-0.39, 0.29) is 35.7 Å². The van der Waals surface area contributed by atoms with Crippen LogP contribution >= 0.6 is 0 Å². The lowest BCUT2D eigenvalue weighted by Crippen LogP contribution is -2.33. The fourth-order valence-electron chi connectivity index (χ4n) is 3.87. The monoisotopic (exact) mass is 419 g/mol. The van der Waals surface area contributed by atoms with Gasteiger partial charge in [-0.05, 0) is 50.3 Å². The van der Waals surface area contributed by atoms with Gasteiger partial charge in [0.1, 0.15) is 11.9 Å². The van der Waals surface area contributed by atoms with Crippen molar-refractivity contribution in [2.45, 2.75) is 62.7 Å². The largest absolute Gasteiger partial charge is 0.446 e. The number of hydrogen-bond acceptors (Lipinski definition) is 7. The topological polar surface area (TPSA) is 126 Å². The summed E-state index contributed by atoms with van der Waals surface area (Å²) in [6.07, 6.45) is 3.62. The third-order valence-corrected chi connectivity index (χ3v) is 6.69. The molecule has 2 aromatic heterocycles. The SMILES string of the molecule is CC(C)NC(=O)O[C@@H]1CC[C@H](c2cc(Nc3cc4c(cn3)CS(=O)(=O)C4)n[nH]2)C1. The number of H-pyrrole nitrogens is 1. The molecule has 1 amide bonds. The quantitative estimate of drug-likeness (QED) is 0.680. The Labute approximate surface area is 169 Å². The van der Waals surface area contributed by atoms with Crippen LogP contribution in [0.4, 0.5) is 16.4 Å². The number of aromatic nitrogens is 3. The van der Waals surface area contributed by atoms with E-state index in [4.69, 9.17) is 4.74 Å². The Balaban J connectivity index is 1.36. The van der Waals surface area contributed by atoms with Crippen LogP contribution < -0.4 is 10.6 Å². The second kappa shape index (κ2) is 7.66. The lowest BCUT2D eigenvalue weighted by atomic mass is 10.0. The fraction of sp³-hybridized carbons (Fsp3) is 0.526. The Morgan fingerprint density at radius 1 is 1.21 bits per heavy atom. The van der Waals surface area contributed by atoms with Gasteiger partial charge in [-0.3, -0.25) is 5.10 Å². The van der Waals surface area contributed by atoms with Crippen molar-refractivity contribution in [1.82, 2.24) is 20.5 Å². The van der Waals surface area contributed by atoms with Gasteiger partial charge in [-0.2, -0.15) is 5.10 Å². The first-order chi connectivity index (χ1) is 13.8. The van der Waals surface area contributed by atoms with Gasteiger partial charge in [-0.25, -0.2) is 18.2 Å². The number of hydrogen-bond donors (Lipinski definition) is 3. The molecule has 1 saturated carbocycles. The van der Waals surface area contributed by atoms with Gasteiger partial charge in [0.2, 0.25) is 0 Å². The molecule has 0 aromatic carbocycles. The number of amides is 1. The maximum Gasteiger partial charge on any atom is 0.407 e. The molecule has 2 atom stereocenters. The smallest absolute Gasteiger partial charge is 0.407 e. The van der Waals surface area contributed by atoms with Gasteiger partial charge in [-0.1, -0.05) is 0 Å². The van der Waals surface area contributed by atoms with Gasteiger partial charge in [0.25, 0.3) is 0 Å². The zero-order chi connectivity index (χ0) is 20.6. The standard InChI is InChI=1S/C19H25N5O4S/c1-11(2)21-19(25)28-15-4-3-12(5-15)16-7-18(24-23-16)22-17-6-13-9-29(26,27)10-14(13)8-20-17/h6-8,11-12,15H,3-5,9-10H2,1-2H3,(H,21,25)(H2,20,22,23,24)/t12-,15+/m0/s1. The third kappa shape index (κ3) is 4.69. The molecule has 10 heteroatoms. The normalized spacial score (nSPS) is 22.4. The summed E-state index contributed by atoms with van der Waals surface area (Å²) in [5, 5.41) is 13.2. The maximum atomic E-state index is 11.8. The van der Waals surface area contributed by atoms with Crippen LogP contribution in [0.3, 0.4) is 0 Å². The van der Waals surface area contributed by atoms with E-state index in [0.717, 1.165) is 36.1 Å². The third-order valence-electron chi connectivity index (χ3n) is 5.19. The minimum Gasteiger partial charge on any atom is -0.446 e. The van der Waals surface area contributed by atoms with Crippen LogP contribution in [0, 0.1) is 0 Å². The molecule has 0 unspecified atom stereocenters. The van der Waals surface area contributed by atoms with Crippen molar-refractivity contribution in [3.63, 3.8) is 0 Å². The summed E-state index contributed by atoms with van der Waals surface area (Å²) in [4.78, 5) is 16.1. The van der Waals surface area contributed by atoms with E-state index in [9.17, 15) is 13.2 Å². The molecule has 4 rings (SSSR count). The average Bonchev–Trinajstić information content (AvgIpc) is 3.31. The minimum atomic E-state index is -3.05. The summed E-state index contributed by atoms with van der Waals surface area (Å²) >= 11 is 0. The first-order valence-corrected chi connectivity index (χ1v) is 11.6. The first kappa shape index (κ1) is 19.7. The summed E-state index contributed by atoms with van der Waals surface area (Å²) in [7, 11) is -3.05. The van der Waals surface area contributed by atoms with E-state index >= 15 is 0 Å². The molecule has 29 heavy (non-hydrogen) atoms. The number of ether oxygens (including phenoxy) is 1. The van der Waals surface area contributed by atoms with Crippen molar-refractivity contribution in [1.29, 1.82) is 0 Å². The zero-order valence-electron chi connectivity index (χ0n) is 16.4. The van der Waals surface area contributed by atoms with E-state index in [1.807, 2.05) is 19.9 Å². The Bertz CT molecular complexity index is 1020. The number of fused-ring (bicyclic) bond motifs is 1. The molecule has 0 bridgehead atoms. The Kier molecular flexibility index (Phi) is 5.20. The fourth-order valence-corrected chi connectivity index (χ4v) is 5.45. The van der Waals surface area contributed by atoms with E-state index in [1.54, 1.807) is 12.3 Å². The summed E-state index contributed by atoms with van der Waals surface area (Å²) in [5.74, 6) is 1.54. The van der Waals surface area contributed by atoms with Crippen LogP contribution in [0.15, 0.2) is 18.3 Å². The molecule has 0 saturated heterocycles. The number of alkyl carbamates (subject to hydrolysis) is 1. The summed E-state index contributed by atoms with van der Waals surface area (Å²) in [6, 6.07) is 3.74. The molecule has 9 nitrogen and oxygen atoms in total. The number of nitrogens with zero attached hydrogens (tertiary/aromatic N) is 2. The predicted molar refractivity (Wildman–Crippen MR) is 108 cm³/mol. The van der Waals surface area contributed by atoms with Gasteiger partial charge < -0.3 is 15.4 Å². The molecule has 2 aliphatic rings. The van der Waals surface area contributed by atoms with Crippen molar-refractivity contribution in [2.75, 3.05) is 5.32 Å². The van der Waals surface area contributed by atoms with Crippen LogP contribution in [-0.2, 0) is 26.1 Å². The van der Waals surface area contributed by atoms with Crippen LogP contribution in [0.5, 0.6) is 0 Å². The lowest BCUT2D eigenvalue weighted by molar-refractivity contribution is 0.0981. The summed E-state index contributed by atoms with van der Waals surface area (Å²) in [6.45, 7) is 3.79. The van der Waals surface area contributed by atoms with Gasteiger partial charge in [0.15, 0.2) is 15.7 Å². The molecule has 3 heterocycles. The van der Waals surface area contributed by atoms with Crippen LogP contribution in [0.1, 0.15) is 55.8 Å². The Morgan fingerprint density at radius 3 is 2.79 bits per heavy atom. The minimum absolute atomic E-state index is 0.0499. The van der Waals surface area contributed by atoms with Crippen molar-refractivity contribution < 1.29 is 17.9 Å². The molecule has 0 spiro atoms. The number of aromatic amines is 1. The molecule has 2 aromatic rings. The molecule has 1 aliphatic heterocycles. The summed E-state index contributed by atoms with van der Waals surface area (Å²) < 4.78 is 29.0. The highest BCUT2D eigenvalue weighted by molar-refractivity contribution is 7.90. The van der Waals surface area contributed by atoms with Crippen LogP contribution in [0.25, 0.3) is 0 Å². The Morgan fingerprint density at radius 2 is 2.00 bits per heavy atom. The molecule has 1 fully saturated rings. The van der Waals surface area contributed by atoms with Crippen molar-refractivity contribution in [2.24, 2.45) is 0 Å². The number of carbonyl (C=O) groups excluding carboxylic acids is 1. The number of carbonyl (C=O) groups is 1. The van der Waals surface area contributed by atoms with Crippen LogP contribution in [0.2, 0.25) is 0 Å². The van der Waals surface area contributed by atoms with Crippen molar-refractivity contribution >= 4 is 27.6 Å². The van der Waals surface area contributed by atoms with E-state index < -0.39 is 9.84 Å². The molecule has 3 N–H and O–H groups in total. The first-order valence-electron chi connectivity index (χ1n) is 9.75. The molecular weight excluding hydrogens is 394 g/mol. The maximum absolute atomic E-state index is 11.8. The van der Waals surface area contributed by atoms with Gasteiger partial charge >= 0.3 is 6.09 Å². The second-order valence-electron chi connectivity index (χ2n) is 8.04. The van der Waals surface area contributed by atoms with Crippen molar-refractivity contribution in [3.05, 3.63) is 35.2 Å². The van der Waals surface area contributed by atoms with E-state index in [1.165, 1.54) is 0 Å². The molecular formula is C19H25N5O4S. The van der Waals surface area contributed by atoms with E-state index in [2.05, 4.69) is 25.8 Å². The predicted octanol–water partition coefficient (Wildman–Crippen LogP) is 2.75. The number of sulfone groups is 1. The molecule has 0 radical (unpaired) electrons. The van der Waals surface area contributed by atoms with Gasteiger partial charge in [0, 0.05) is 29.9 Å². The number of anilines is 2. The molecule has 1 aliphatic carbocycles. The van der Waals surface area contributed by atoms with Gasteiger partial charge in [-0.15, -0.1) is 0 Å². The Hall–Kier alpha value is -2.62. The highest BCUT2D eigenvalue weighted by Gasteiger charge is 2.30.